The van der Waals surface area contributed by atoms with Gasteiger partial charge in [0.25, 0.3) is 0 Å². The fraction of sp³-hybridized carbons (Fsp3) is 0.571. The molecule has 2 nitrogen and oxygen atoms in total. The van der Waals surface area contributed by atoms with Crippen molar-refractivity contribution in [2.24, 2.45) is 0 Å². The first kappa shape index (κ1) is 11.6. The highest BCUT2D eigenvalue weighted by Crippen LogP contribution is 2.12. The lowest BCUT2D eigenvalue weighted by atomic mass is 10.1. The maximum atomic E-state index is 3.52. The molecule has 0 bridgehead atoms. The van der Waals surface area contributed by atoms with E-state index in [1.165, 1.54) is 31.5 Å². The van der Waals surface area contributed by atoms with Crippen LogP contribution in [0.3, 0.4) is 0 Å². The molecule has 1 atom stereocenters. The molecule has 1 saturated heterocycles. The highest BCUT2D eigenvalue weighted by atomic mass is 15.2. The zero-order valence-electron chi connectivity index (χ0n) is 10.2. The Kier molecular flexibility index (Phi) is 4.37. The Morgan fingerprint density at radius 2 is 2.12 bits per heavy atom. The predicted molar refractivity (Wildman–Crippen MR) is 68.4 cm³/mol. The van der Waals surface area contributed by atoms with E-state index in [0.717, 1.165) is 13.1 Å². The zero-order chi connectivity index (χ0) is 11.2. The first-order valence-corrected chi connectivity index (χ1v) is 6.39. The van der Waals surface area contributed by atoms with Gasteiger partial charge in [-0.2, -0.15) is 0 Å². The van der Waals surface area contributed by atoms with Gasteiger partial charge in [-0.05, 0) is 24.9 Å². The van der Waals surface area contributed by atoms with Crippen molar-refractivity contribution in [3.8, 4) is 0 Å². The third kappa shape index (κ3) is 3.06. The van der Waals surface area contributed by atoms with E-state index in [4.69, 9.17) is 0 Å². The Hall–Kier alpha value is -0.860. The third-order valence-corrected chi connectivity index (χ3v) is 3.39. The zero-order valence-corrected chi connectivity index (χ0v) is 10.2. The van der Waals surface area contributed by atoms with Crippen LogP contribution in [-0.4, -0.2) is 30.6 Å². The molecule has 0 saturated carbocycles. The van der Waals surface area contributed by atoms with Gasteiger partial charge in [0.05, 0.1) is 0 Å². The topological polar surface area (TPSA) is 15.3 Å². The summed E-state index contributed by atoms with van der Waals surface area (Å²) in [6.07, 6.45) is 2.50. The van der Waals surface area contributed by atoms with E-state index in [2.05, 4.69) is 47.5 Å². The molecule has 2 heteroatoms. The van der Waals surface area contributed by atoms with Crippen LogP contribution in [-0.2, 0) is 6.54 Å². The molecular weight excluding hydrogens is 196 g/mol. The second kappa shape index (κ2) is 6.02. The number of nitrogens with zero attached hydrogens (tertiary/aromatic N) is 1. The fourth-order valence-electron chi connectivity index (χ4n) is 2.42. The van der Waals surface area contributed by atoms with Crippen molar-refractivity contribution in [1.82, 2.24) is 10.2 Å². The Morgan fingerprint density at radius 3 is 2.88 bits per heavy atom. The summed E-state index contributed by atoms with van der Waals surface area (Å²) < 4.78 is 0. The molecule has 1 aromatic rings. The molecule has 0 radical (unpaired) electrons. The predicted octanol–water partition coefficient (Wildman–Crippen LogP) is 2.26. The highest BCUT2D eigenvalue weighted by Gasteiger charge is 2.18. The maximum absolute atomic E-state index is 3.52. The lowest BCUT2D eigenvalue weighted by molar-refractivity contribution is 0.195. The summed E-state index contributed by atoms with van der Waals surface area (Å²) >= 11 is 0. The van der Waals surface area contributed by atoms with Gasteiger partial charge in [-0.25, -0.2) is 0 Å². The first-order chi connectivity index (χ1) is 7.90. The van der Waals surface area contributed by atoms with Crippen LogP contribution in [0.25, 0.3) is 0 Å². The van der Waals surface area contributed by atoms with Crippen molar-refractivity contribution >= 4 is 0 Å². The van der Waals surface area contributed by atoms with Gasteiger partial charge >= 0.3 is 0 Å². The summed E-state index contributed by atoms with van der Waals surface area (Å²) in [5.41, 5.74) is 1.43. The van der Waals surface area contributed by atoms with Gasteiger partial charge in [0.2, 0.25) is 0 Å². The van der Waals surface area contributed by atoms with Crippen LogP contribution >= 0.6 is 0 Å². The average Bonchev–Trinajstić information content (AvgIpc) is 2.55. The second-order valence-corrected chi connectivity index (χ2v) is 4.58. The molecule has 1 aliphatic rings. The minimum Gasteiger partial charge on any atom is -0.315 e. The van der Waals surface area contributed by atoms with E-state index in [-0.39, 0.29) is 0 Å². The molecule has 1 heterocycles. The van der Waals surface area contributed by atoms with Gasteiger partial charge in [0.1, 0.15) is 0 Å². The van der Waals surface area contributed by atoms with Gasteiger partial charge in [-0.15, -0.1) is 0 Å². The molecule has 0 aliphatic carbocycles. The van der Waals surface area contributed by atoms with E-state index in [1.54, 1.807) is 0 Å². The van der Waals surface area contributed by atoms with Crippen molar-refractivity contribution in [3.63, 3.8) is 0 Å². The van der Waals surface area contributed by atoms with Gasteiger partial charge in [0, 0.05) is 25.7 Å². The number of hydrogen-bond donors (Lipinski definition) is 1. The van der Waals surface area contributed by atoms with Crippen LogP contribution in [0, 0.1) is 0 Å². The number of rotatable bonds is 3. The summed E-state index contributed by atoms with van der Waals surface area (Å²) in [5.74, 6) is 0. The van der Waals surface area contributed by atoms with Crippen LogP contribution < -0.4 is 5.32 Å². The number of benzene rings is 1. The van der Waals surface area contributed by atoms with Gasteiger partial charge < -0.3 is 5.32 Å². The monoisotopic (exact) mass is 218 g/mol. The second-order valence-electron chi connectivity index (χ2n) is 4.58. The lowest BCUT2D eigenvalue weighted by Gasteiger charge is -2.28. The number of nitrogens with one attached hydrogen (secondary N) is 1. The van der Waals surface area contributed by atoms with E-state index in [9.17, 15) is 0 Å². The molecule has 0 aromatic heterocycles. The molecule has 88 valence electrons. The van der Waals surface area contributed by atoms with E-state index < -0.39 is 0 Å². The van der Waals surface area contributed by atoms with Crippen LogP contribution in [0.2, 0.25) is 0 Å². The first-order valence-electron chi connectivity index (χ1n) is 6.39. The molecule has 1 aliphatic heterocycles. The van der Waals surface area contributed by atoms with Gasteiger partial charge in [0.15, 0.2) is 0 Å². The van der Waals surface area contributed by atoms with Crippen molar-refractivity contribution < 1.29 is 0 Å². The summed E-state index contributed by atoms with van der Waals surface area (Å²) in [5, 5.41) is 3.52. The van der Waals surface area contributed by atoms with Crippen molar-refractivity contribution in [1.29, 1.82) is 0 Å². The highest BCUT2D eigenvalue weighted by molar-refractivity contribution is 5.14. The Morgan fingerprint density at radius 1 is 1.31 bits per heavy atom. The van der Waals surface area contributed by atoms with Crippen LogP contribution in [0.1, 0.15) is 25.3 Å². The molecule has 1 N–H and O–H groups in total. The number of hydrogen-bond acceptors (Lipinski definition) is 2. The Bertz CT molecular complexity index is 297. The van der Waals surface area contributed by atoms with Crippen molar-refractivity contribution in [3.05, 3.63) is 35.9 Å². The van der Waals surface area contributed by atoms with Gasteiger partial charge in [-0.1, -0.05) is 37.3 Å². The van der Waals surface area contributed by atoms with Crippen LogP contribution in [0.4, 0.5) is 0 Å². The molecule has 0 amide bonds. The molecular formula is C14H22N2. The lowest BCUT2D eigenvalue weighted by Crippen LogP contribution is -2.38. The van der Waals surface area contributed by atoms with Gasteiger partial charge in [-0.3, -0.25) is 4.90 Å². The molecule has 0 unspecified atom stereocenters. The normalized spacial score (nSPS) is 22.9. The van der Waals surface area contributed by atoms with E-state index in [0.29, 0.717) is 6.04 Å². The molecule has 0 spiro atoms. The minimum absolute atomic E-state index is 0.697. The summed E-state index contributed by atoms with van der Waals surface area (Å²) in [4.78, 5) is 2.62. The summed E-state index contributed by atoms with van der Waals surface area (Å²) in [6, 6.07) is 11.5. The smallest absolute Gasteiger partial charge is 0.0237 e. The summed E-state index contributed by atoms with van der Waals surface area (Å²) in [6.45, 7) is 6.92. The quantitative estimate of drug-likeness (QED) is 0.837. The summed E-state index contributed by atoms with van der Waals surface area (Å²) in [7, 11) is 0. The SMILES string of the molecule is CC[C@@H]1CNCCCN1Cc1ccccc1. The van der Waals surface area contributed by atoms with E-state index in [1.807, 2.05) is 0 Å². The average molecular weight is 218 g/mol. The largest absolute Gasteiger partial charge is 0.315 e. The Labute approximate surface area is 98.7 Å². The molecule has 1 fully saturated rings. The van der Waals surface area contributed by atoms with Crippen LogP contribution in [0.15, 0.2) is 30.3 Å². The molecule has 1 aromatic carbocycles. The van der Waals surface area contributed by atoms with E-state index >= 15 is 0 Å². The maximum Gasteiger partial charge on any atom is 0.0237 e. The fourth-order valence-corrected chi connectivity index (χ4v) is 2.42. The molecule has 16 heavy (non-hydrogen) atoms. The van der Waals surface area contributed by atoms with Crippen molar-refractivity contribution in [2.45, 2.75) is 32.4 Å². The van der Waals surface area contributed by atoms with Crippen LogP contribution in [0.5, 0.6) is 0 Å². The molecule has 2 rings (SSSR count). The Balaban J connectivity index is 2.00. The third-order valence-electron chi connectivity index (χ3n) is 3.39. The standard InChI is InChI=1S/C14H22N2/c1-2-14-11-15-9-6-10-16(14)12-13-7-4-3-5-8-13/h3-5,7-8,14-15H,2,6,9-12H2,1H3/t14-/m1/s1. The van der Waals surface area contributed by atoms with Crippen molar-refractivity contribution in [2.75, 3.05) is 19.6 Å². The minimum atomic E-state index is 0.697.